The zero-order chi connectivity index (χ0) is 13.6. The zero-order valence-corrected chi connectivity index (χ0v) is 12.5. The van der Waals surface area contributed by atoms with Crippen molar-refractivity contribution in [3.05, 3.63) is 0 Å². The molecule has 1 saturated carbocycles. The summed E-state index contributed by atoms with van der Waals surface area (Å²) in [7, 11) is 0. The smallest absolute Gasteiger partial charge is 0.0898 e. The quantitative estimate of drug-likeness (QED) is 0.769. The van der Waals surface area contributed by atoms with E-state index in [0.717, 1.165) is 5.92 Å². The monoisotopic (exact) mass is 257 g/mol. The molecule has 0 saturated heterocycles. The van der Waals surface area contributed by atoms with Crippen molar-refractivity contribution in [1.82, 2.24) is 5.32 Å². The third-order valence-electron chi connectivity index (χ3n) is 3.77. The molecule has 0 aromatic carbocycles. The van der Waals surface area contributed by atoms with Gasteiger partial charge in [-0.25, -0.2) is 0 Å². The van der Waals surface area contributed by atoms with Gasteiger partial charge in [0.05, 0.1) is 18.3 Å². The topological polar surface area (TPSA) is 41.5 Å². The number of hydrogen-bond donors (Lipinski definition) is 2. The fraction of sp³-hybridized carbons (Fsp3) is 1.00. The lowest BCUT2D eigenvalue weighted by Crippen LogP contribution is -2.40. The molecule has 108 valence electrons. The number of nitrogens with one attached hydrogen (secondary N) is 1. The first-order valence-corrected chi connectivity index (χ1v) is 7.46. The molecule has 1 aliphatic rings. The number of hydrogen-bond acceptors (Lipinski definition) is 3. The minimum absolute atomic E-state index is 0.167. The Hall–Kier alpha value is -0.120. The van der Waals surface area contributed by atoms with Gasteiger partial charge in [-0.15, -0.1) is 0 Å². The first-order chi connectivity index (χ1) is 8.40. The number of aliphatic hydroxyl groups excluding tert-OH is 1. The van der Waals surface area contributed by atoms with E-state index in [1.54, 1.807) is 0 Å². The van der Waals surface area contributed by atoms with Gasteiger partial charge in [-0.2, -0.15) is 0 Å². The second-order valence-electron chi connectivity index (χ2n) is 6.61. The van der Waals surface area contributed by atoms with Crippen molar-refractivity contribution < 1.29 is 9.84 Å². The second-order valence-corrected chi connectivity index (χ2v) is 6.61. The Kier molecular flexibility index (Phi) is 6.61. The van der Waals surface area contributed by atoms with Crippen molar-refractivity contribution in [2.45, 2.75) is 77.5 Å². The Labute approximate surface area is 112 Å². The number of aliphatic hydroxyl groups is 1. The van der Waals surface area contributed by atoms with Crippen LogP contribution >= 0.6 is 0 Å². The average Bonchev–Trinajstić information content (AvgIpc) is 2.33. The van der Waals surface area contributed by atoms with Crippen LogP contribution in [0.3, 0.4) is 0 Å². The van der Waals surface area contributed by atoms with Crippen molar-refractivity contribution in [2.24, 2.45) is 5.92 Å². The van der Waals surface area contributed by atoms with Crippen molar-refractivity contribution in [3.63, 3.8) is 0 Å². The molecule has 1 rings (SSSR count). The lowest BCUT2D eigenvalue weighted by atomic mass is 9.84. The fourth-order valence-electron chi connectivity index (χ4n) is 2.48. The molecule has 18 heavy (non-hydrogen) atoms. The van der Waals surface area contributed by atoms with E-state index in [-0.39, 0.29) is 5.60 Å². The highest BCUT2D eigenvalue weighted by Crippen LogP contribution is 2.26. The van der Waals surface area contributed by atoms with Crippen LogP contribution in [0.25, 0.3) is 0 Å². The maximum absolute atomic E-state index is 9.85. The van der Waals surface area contributed by atoms with Crippen molar-refractivity contribution in [2.75, 3.05) is 13.2 Å². The van der Waals surface area contributed by atoms with E-state index in [4.69, 9.17) is 4.74 Å². The molecule has 2 N–H and O–H groups in total. The SMILES string of the molecule is CCC1CCC(NCC(O)COC(C)(C)C)CC1. The standard InChI is InChI=1S/C15H31NO2/c1-5-12-6-8-13(9-7-12)16-10-14(17)11-18-15(2,3)4/h12-14,16-17H,5-11H2,1-4H3. The molecule has 3 heteroatoms. The molecule has 0 radical (unpaired) electrons. The van der Waals surface area contributed by atoms with E-state index < -0.39 is 6.10 Å². The summed E-state index contributed by atoms with van der Waals surface area (Å²) in [6.07, 6.45) is 6.10. The molecule has 0 aromatic rings. The maximum atomic E-state index is 9.85. The highest BCUT2D eigenvalue weighted by atomic mass is 16.5. The van der Waals surface area contributed by atoms with Crippen molar-refractivity contribution >= 4 is 0 Å². The summed E-state index contributed by atoms with van der Waals surface area (Å²) < 4.78 is 5.58. The van der Waals surface area contributed by atoms with Gasteiger partial charge in [0.2, 0.25) is 0 Å². The molecule has 0 aromatic heterocycles. The lowest BCUT2D eigenvalue weighted by molar-refractivity contribution is -0.0486. The van der Waals surface area contributed by atoms with Gasteiger partial charge in [-0.1, -0.05) is 13.3 Å². The van der Waals surface area contributed by atoms with Gasteiger partial charge in [0.25, 0.3) is 0 Å². The summed E-state index contributed by atoms with van der Waals surface area (Å²) >= 11 is 0. The first-order valence-electron chi connectivity index (χ1n) is 7.46. The molecule has 1 aliphatic carbocycles. The van der Waals surface area contributed by atoms with Gasteiger partial charge in [-0.3, -0.25) is 0 Å². The molecule has 0 spiro atoms. The van der Waals surface area contributed by atoms with E-state index in [1.807, 2.05) is 20.8 Å². The lowest BCUT2D eigenvalue weighted by Gasteiger charge is -2.29. The van der Waals surface area contributed by atoms with Gasteiger partial charge < -0.3 is 15.2 Å². The predicted molar refractivity (Wildman–Crippen MR) is 75.8 cm³/mol. The van der Waals surface area contributed by atoms with Gasteiger partial charge >= 0.3 is 0 Å². The minimum Gasteiger partial charge on any atom is -0.389 e. The van der Waals surface area contributed by atoms with Crippen LogP contribution in [-0.2, 0) is 4.74 Å². The highest BCUT2D eigenvalue weighted by Gasteiger charge is 2.20. The molecular weight excluding hydrogens is 226 g/mol. The molecule has 0 aliphatic heterocycles. The summed E-state index contributed by atoms with van der Waals surface area (Å²) in [5, 5.41) is 13.3. The van der Waals surface area contributed by atoms with Crippen LogP contribution in [0.15, 0.2) is 0 Å². The normalized spacial score (nSPS) is 27.2. The molecule has 1 unspecified atom stereocenters. The number of ether oxygens (including phenoxy) is 1. The Morgan fingerprint density at radius 3 is 2.33 bits per heavy atom. The molecule has 1 fully saturated rings. The van der Waals surface area contributed by atoms with E-state index in [9.17, 15) is 5.11 Å². The maximum Gasteiger partial charge on any atom is 0.0898 e. The van der Waals surface area contributed by atoms with Gasteiger partial charge in [0, 0.05) is 12.6 Å². The first kappa shape index (κ1) is 15.9. The second kappa shape index (κ2) is 7.46. The van der Waals surface area contributed by atoms with Crippen molar-refractivity contribution in [3.8, 4) is 0 Å². The van der Waals surface area contributed by atoms with Gasteiger partial charge in [0.15, 0.2) is 0 Å². The summed E-state index contributed by atoms with van der Waals surface area (Å²) in [5.41, 5.74) is -0.167. The van der Waals surface area contributed by atoms with E-state index >= 15 is 0 Å². The summed E-state index contributed by atoms with van der Waals surface area (Å²) in [5.74, 6) is 0.928. The summed E-state index contributed by atoms with van der Waals surface area (Å²) in [6, 6.07) is 0.595. The van der Waals surface area contributed by atoms with Crippen LogP contribution < -0.4 is 5.32 Å². The van der Waals surface area contributed by atoms with Crippen LogP contribution in [0.2, 0.25) is 0 Å². The van der Waals surface area contributed by atoms with Crippen LogP contribution in [0.4, 0.5) is 0 Å². The Balaban J connectivity index is 2.10. The Morgan fingerprint density at radius 1 is 1.22 bits per heavy atom. The Bertz CT molecular complexity index is 217. The number of rotatable bonds is 6. The third-order valence-corrected chi connectivity index (χ3v) is 3.77. The predicted octanol–water partition coefficient (Wildman–Crippen LogP) is 2.72. The van der Waals surface area contributed by atoms with E-state index in [0.29, 0.717) is 19.2 Å². The molecular formula is C15H31NO2. The molecule has 1 atom stereocenters. The summed E-state index contributed by atoms with van der Waals surface area (Å²) in [4.78, 5) is 0. The highest BCUT2D eigenvalue weighted by molar-refractivity contribution is 4.77. The van der Waals surface area contributed by atoms with E-state index in [1.165, 1.54) is 32.1 Å². The largest absolute Gasteiger partial charge is 0.389 e. The van der Waals surface area contributed by atoms with Crippen LogP contribution in [0, 0.1) is 5.92 Å². The molecule has 0 bridgehead atoms. The minimum atomic E-state index is -0.395. The molecule has 0 heterocycles. The van der Waals surface area contributed by atoms with E-state index in [2.05, 4.69) is 12.2 Å². The van der Waals surface area contributed by atoms with Crippen LogP contribution in [0.5, 0.6) is 0 Å². The van der Waals surface area contributed by atoms with Gasteiger partial charge in [-0.05, 0) is 52.4 Å². The molecule has 3 nitrogen and oxygen atoms in total. The van der Waals surface area contributed by atoms with Crippen LogP contribution in [0.1, 0.15) is 59.8 Å². The van der Waals surface area contributed by atoms with Crippen molar-refractivity contribution in [1.29, 1.82) is 0 Å². The zero-order valence-electron chi connectivity index (χ0n) is 12.5. The Morgan fingerprint density at radius 2 is 1.83 bits per heavy atom. The molecule has 0 amide bonds. The van der Waals surface area contributed by atoms with Crippen LogP contribution in [-0.4, -0.2) is 36.0 Å². The third kappa shape index (κ3) is 6.72. The van der Waals surface area contributed by atoms with Gasteiger partial charge in [0.1, 0.15) is 0 Å². The average molecular weight is 257 g/mol. The summed E-state index contributed by atoms with van der Waals surface area (Å²) in [6.45, 7) is 9.39. The fourth-order valence-corrected chi connectivity index (χ4v) is 2.48.